The fourth-order valence-corrected chi connectivity index (χ4v) is 5.76. The predicted octanol–water partition coefficient (Wildman–Crippen LogP) is 4.29. The molecule has 5 rings (SSSR count). The summed E-state index contributed by atoms with van der Waals surface area (Å²) in [5, 5.41) is 6.03. The minimum absolute atomic E-state index is 0.0795. The minimum Gasteiger partial charge on any atom is -0.353 e. The van der Waals surface area contributed by atoms with Gasteiger partial charge in [-0.05, 0) is 43.4 Å². The third-order valence-electron chi connectivity index (χ3n) is 6.73. The summed E-state index contributed by atoms with van der Waals surface area (Å²) < 4.78 is 1.97. The molecule has 1 aromatic carbocycles. The molecule has 7 heteroatoms. The van der Waals surface area contributed by atoms with E-state index in [-0.39, 0.29) is 17.4 Å². The Balaban J connectivity index is 1.12. The first-order valence-electron chi connectivity index (χ1n) is 10.8. The van der Waals surface area contributed by atoms with Crippen LogP contribution in [-0.4, -0.2) is 45.9 Å². The molecule has 0 radical (unpaired) electrons. The van der Waals surface area contributed by atoms with Crippen LogP contribution < -0.4 is 5.32 Å². The number of aromatic nitrogens is 2. The maximum absolute atomic E-state index is 12.5. The first kappa shape index (κ1) is 20.0. The van der Waals surface area contributed by atoms with Gasteiger partial charge >= 0.3 is 0 Å². The number of halogens is 1. The van der Waals surface area contributed by atoms with Crippen molar-refractivity contribution in [2.75, 3.05) is 19.6 Å². The Labute approximate surface area is 186 Å². The average molecular weight is 443 g/mol. The summed E-state index contributed by atoms with van der Waals surface area (Å²) in [4.78, 5) is 20.5. The molecule has 3 aromatic rings. The lowest BCUT2D eigenvalue weighted by atomic mass is 9.64. The SMILES string of the molecule is O=C(Cc1cn2ccsc2n1)NC1CCN(CC2(c3ccc(Cl)cc3)CCC2)CC1. The van der Waals surface area contributed by atoms with Gasteiger partial charge in [-0.2, -0.15) is 0 Å². The van der Waals surface area contributed by atoms with Crippen LogP contribution in [0.3, 0.4) is 0 Å². The van der Waals surface area contributed by atoms with E-state index in [0.717, 1.165) is 48.2 Å². The molecule has 3 heterocycles. The molecular formula is C23H27ClN4OS. The first-order chi connectivity index (χ1) is 14.6. The summed E-state index contributed by atoms with van der Waals surface area (Å²) in [6, 6.07) is 8.71. The molecule has 1 N–H and O–H groups in total. The van der Waals surface area contributed by atoms with Crippen LogP contribution >= 0.6 is 22.9 Å². The maximum Gasteiger partial charge on any atom is 0.226 e. The van der Waals surface area contributed by atoms with Gasteiger partial charge in [0.2, 0.25) is 5.91 Å². The van der Waals surface area contributed by atoms with Crippen molar-refractivity contribution in [1.29, 1.82) is 0 Å². The molecule has 5 nitrogen and oxygen atoms in total. The number of likely N-dealkylation sites (tertiary alicyclic amines) is 1. The molecule has 1 aliphatic carbocycles. The van der Waals surface area contributed by atoms with E-state index in [1.807, 2.05) is 34.3 Å². The number of piperidine rings is 1. The Hall–Kier alpha value is -1.89. The van der Waals surface area contributed by atoms with Crippen molar-refractivity contribution in [2.24, 2.45) is 0 Å². The molecule has 1 saturated heterocycles. The van der Waals surface area contributed by atoms with Crippen molar-refractivity contribution >= 4 is 33.8 Å². The van der Waals surface area contributed by atoms with Crippen molar-refractivity contribution < 1.29 is 4.79 Å². The molecule has 0 atom stereocenters. The fraction of sp³-hybridized carbons (Fsp3) is 0.478. The fourth-order valence-electron chi connectivity index (χ4n) is 4.91. The maximum atomic E-state index is 12.5. The quantitative estimate of drug-likeness (QED) is 0.619. The van der Waals surface area contributed by atoms with Crippen LogP contribution in [0.25, 0.3) is 4.96 Å². The Morgan fingerprint density at radius 2 is 2.00 bits per heavy atom. The number of thiazole rings is 1. The van der Waals surface area contributed by atoms with E-state index in [2.05, 4.69) is 27.3 Å². The molecule has 1 aliphatic heterocycles. The van der Waals surface area contributed by atoms with Crippen LogP contribution in [0, 0.1) is 0 Å². The van der Waals surface area contributed by atoms with Gasteiger partial charge in [-0.25, -0.2) is 4.98 Å². The lowest BCUT2D eigenvalue weighted by Crippen LogP contribution is -2.51. The van der Waals surface area contributed by atoms with Gasteiger partial charge in [-0.15, -0.1) is 11.3 Å². The van der Waals surface area contributed by atoms with E-state index >= 15 is 0 Å². The van der Waals surface area contributed by atoms with Crippen molar-refractivity contribution in [3.63, 3.8) is 0 Å². The first-order valence-corrected chi connectivity index (χ1v) is 12.0. The van der Waals surface area contributed by atoms with Crippen LogP contribution in [0.2, 0.25) is 5.02 Å². The second-order valence-electron chi connectivity index (χ2n) is 8.76. The molecule has 1 saturated carbocycles. The van der Waals surface area contributed by atoms with Gasteiger partial charge < -0.3 is 10.2 Å². The van der Waals surface area contributed by atoms with Crippen LogP contribution in [0.15, 0.2) is 42.0 Å². The molecule has 2 aliphatic rings. The molecule has 2 fully saturated rings. The zero-order valence-electron chi connectivity index (χ0n) is 17.0. The summed E-state index contributed by atoms with van der Waals surface area (Å²) >= 11 is 7.68. The Morgan fingerprint density at radius 1 is 1.23 bits per heavy atom. The highest BCUT2D eigenvalue weighted by Gasteiger charge is 2.40. The topological polar surface area (TPSA) is 49.6 Å². The van der Waals surface area contributed by atoms with Gasteiger partial charge in [0.15, 0.2) is 4.96 Å². The molecular weight excluding hydrogens is 416 g/mol. The molecule has 2 aromatic heterocycles. The van der Waals surface area contributed by atoms with Crippen molar-refractivity contribution in [3.8, 4) is 0 Å². The summed E-state index contributed by atoms with van der Waals surface area (Å²) in [6.45, 7) is 3.20. The zero-order valence-corrected chi connectivity index (χ0v) is 18.6. The third kappa shape index (κ3) is 4.13. The molecule has 1 amide bonds. The van der Waals surface area contributed by atoms with E-state index in [1.165, 1.54) is 24.8 Å². The monoisotopic (exact) mass is 442 g/mol. The number of fused-ring (bicyclic) bond motifs is 1. The van der Waals surface area contributed by atoms with E-state index in [1.54, 1.807) is 11.3 Å². The van der Waals surface area contributed by atoms with Crippen LogP contribution in [-0.2, 0) is 16.6 Å². The number of nitrogens with zero attached hydrogens (tertiary/aromatic N) is 3. The predicted molar refractivity (Wildman–Crippen MR) is 121 cm³/mol. The number of nitrogens with one attached hydrogen (secondary N) is 1. The van der Waals surface area contributed by atoms with Crippen molar-refractivity contribution in [3.05, 3.63) is 58.3 Å². The van der Waals surface area contributed by atoms with E-state index in [9.17, 15) is 4.79 Å². The minimum atomic E-state index is 0.0795. The second-order valence-corrected chi connectivity index (χ2v) is 10.1. The highest BCUT2D eigenvalue weighted by molar-refractivity contribution is 7.15. The second kappa shape index (κ2) is 8.33. The molecule has 158 valence electrons. The Morgan fingerprint density at radius 3 is 2.67 bits per heavy atom. The van der Waals surface area contributed by atoms with Crippen LogP contribution in [0.1, 0.15) is 43.4 Å². The smallest absolute Gasteiger partial charge is 0.226 e. The van der Waals surface area contributed by atoms with Gasteiger partial charge in [0.1, 0.15) is 0 Å². The van der Waals surface area contributed by atoms with Crippen LogP contribution in [0.5, 0.6) is 0 Å². The van der Waals surface area contributed by atoms with Gasteiger partial charge in [0.05, 0.1) is 12.1 Å². The third-order valence-corrected chi connectivity index (χ3v) is 7.75. The standard InChI is InChI=1S/C23H27ClN4OS/c24-18-4-2-17(3-5-18)23(8-1-9-23)16-27-10-6-19(7-11-27)25-21(29)14-20-15-28-12-13-30-22(28)26-20/h2-5,12-13,15,19H,1,6-11,14,16H2,(H,25,29). The highest BCUT2D eigenvalue weighted by atomic mass is 35.5. The van der Waals surface area contributed by atoms with E-state index in [4.69, 9.17) is 11.6 Å². The lowest BCUT2D eigenvalue weighted by molar-refractivity contribution is -0.121. The lowest BCUT2D eigenvalue weighted by Gasteiger charge is -2.47. The number of rotatable bonds is 6. The molecule has 0 spiro atoms. The number of imidazole rings is 1. The van der Waals surface area contributed by atoms with Gasteiger partial charge in [0.25, 0.3) is 0 Å². The number of carbonyl (C=O) groups is 1. The highest BCUT2D eigenvalue weighted by Crippen LogP contribution is 2.44. The van der Waals surface area contributed by atoms with Gasteiger partial charge in [-0.3, -0.25) is 9.20 Å². The molecule has 0 bridgehead atoms. The summed E-state index contributed by atoms with van der Waals surface area (Å²) in [5.74, 6) is 0.0795. The van der Waals surface area contributed by atoms with Crippen LogP contribution in [0.4, 0.5) is 0 Å². The summed E-state index contributed by atoms with van der Waals surface area (Å²) in [7, 11) is 0. The van der Waals surface area contributed by atoms with E-state index < -0.39 is 0 Å². The Bertz CT molecular complexity index is 987. The molecule has 30 heavy (non-hydrogen) atoms. The number of hydrogen-bond acceptors (Lipinski definition) is 4. The number of hydrogen-bond donors (Lipinski definition) is 1. The largest absolute Gasteiger partial charge is 0.353 e. The van der Waals surface area contributed by atoms with Crippen molar-refractivity contribution in [2.45, 2.75) is 50.0 Å². The average Bonchev–Trinajstić information content (AvgIpc) is 3.28. The zero-order chi connectivity index (χ0) is 20.6. The van der Waals surface area contributed by atoms with Gasteiger partial charge in [-0.1, -0.05) is 30.2 Å². The molecule has 0 unspecified atom stereocenters. The van der Waals surface area contributed by atoms with Crippen molar-refractivity contribution in [1.82, 2.24) is 19.6 Å². The van der Waals surface area contributed by atoms with E-state index in [0.29, 0.717) is 6.42 Å². The summed E-state index contributed by atoms with van der Waals surface area (Å²) in [5.41, 5.74) is 2.55. The number of carbonyl (C=O) groups excluding carboxylic acids is 1. The summed E-state index contributed by atoms with van der Waals surface area (Å²) in [6.07, 6.45) is 10.1. The number of benzene rings is 1. The normalized spacial score (nSPS) is 19.6. The van der Waals surface area contributed by atoms with Gasteiger partial charge in [0, 0.05) is 53.9 Å². The Kier molecular flexibility index (Phi) is 5.56. The number of amides is 1.